The van der Waals surface area contributed by atoms with Crippen LogP contribution in [0.5, 0.6) is 0 Å². The summed E-state index contributed by atoms with van der Waals surface area (Å²) < 4.78 is 38.5. The second-order valence-electron chi connectivity index (χ2n) is 3.20. The van der Waals surface area contributed by atoms with Gasteiger partial charge in [0.15, 0.2) is 0 Å². The van der Waals surface area contributed by atoms with Crippen molar-refractivity contribution in [1.82, 2.24) is 15.6 Å². The van der Waals surface area contributed by atoms with Crippen molar-refractivity contribution < 1.29 is 13.2 Å². The lowest BCUT2D eigenvalue weighted by atomic mass is 10.2. The van der Waals surface area contributed by atoms with Crippen LogP contribution in [0.15, 0.2) is 24.3 Å². The van der Waals surface area contributed by atoms with E-state index in [1.54, 1.807) is 6.07 Å². The molecule has 1 saturated heterocycles. The van der Waals surface area contributed by atoms with Crippen LogP contribution in [0.4, 0.5) is 18.9 Å². The van der Waals surface area contributed by atoms with E-state index in [-0.39, 0.29) is 6.67 Å². The first-order valence-corrected chi connectivity index (χ1v) is 4.70. The van der Waals surface area contributed by atoms with Crippen molar-refractivity contribution in [3.63, 3.8) is 0 Å². The highest BCUT2D eigenvalue weighted by atomic mass is 35.5. The Morgan fingerprint density at radius 1 is 1.25 bits per heavy atom. The van der Waals surface area contributed by atoms with E-state index in [0.29, 0.717) is 5.69 Å². The van der Waals surface area contributed by atoms with Crippen LogP contribution >= 0.6 is 11.8 Å². The monoisotopic (exact) mass is 252 g/mol. The van der Waals surface area contributed by atoms with E-state index >= 15 is 0 Å². The van der Waals surface area contributed by atoms with Crippen LogP contribution in [0.1, 0.15) is 5.56 Å². The molecule has 0 unspecified atom stereocenters. The fourth-order valence-corrected chi connectivity index (χ4v) is 1.45. The number of rotatable bonds is 1. The summed E-state index contributed by atoms with van der Waals surface area (Å²) in [7, 11) is 0. The van der Waals surface area contributed by atoms with Gasteiger partial charge in [-0.05, 0) is 30.0 Å². The quantitative estimate of drug-likeness (QED) is 0.747. The molecule has 1 aromatic rings. The fourth-order valence-electron chi connectivity index (χ4n) is 1.31. The zero-order valence-electron chi connectivity index (χ0n) is 7.92. The molecule has 0 radical (unpaired) electrons. The van der Waals surface area contributed by atoms with Gasteiger partial charge in [-0.15, -0.1) is 4.53 Å². The zero-order valence-corrected chi connectivity index (χ0v) is 8.68. The molecular weight excluding hydrogens is 245 g/mol. The Bertz CT molecular complexity index is 384. The van der Waals surface area contributed by atoms with Gasteiger partial charge in [0.1, 0.15) is 6.67 Å². The van der Waals surface area contributed by atoms with Crippen molar-refractivity contribution in [3.05, 3.63) is 29.8 Å². The van der Waals surface area contributed by atoms with Crippen LogP contribution in [0.2, 0.25) is 0 Å². The Morgan fingerprint density at radius 2 is 2.00 bits per heavy atom. The molecular formula is C8H8ClF3N4. The van der Waals surface area contributed by atoms with Gasteiger partial charge in [-0.1, -0.05) is 6.07 Å². The van der Waals surface area contributed by atoms with E-state index in [2.05, 4.69) is 11.1 Å². The number of hydrogen-bond acceptors (Lipinski definition) is 4. The van der Waals surface area contributed by atoms with Gasteiger partial charge in [-0.25, -0.2) is 0 Å². The molecule has 0 amide bonds. The molecule has 88 valence electrons. The van der Waals surface area contributed by atoms with E-state index in [9.17, 15) is 13.2 Å². The van der Waals surface area contributed by atoms with Crippen molar-refractivity contribution in [2.75, 3.05) is 11.7 Å². The van der Waals surface area contributed by atoms with Gasteiger partial charge in [-0.3, -0.25) is 5.01 Å². The maximum Gasteiger partial charge on any atom is 0.416 e. The molecule has 0 aliphatic carbocycles. The van der Waals surface area contributed by atoms with Crippen molar-refractivity contribution in [2.45, 2.75) is 6.18 Å². The molecule has 2 N–H and O–H groups in total. The first-order valence-electron chi connectivity index (χ1n) is 4.36. The van der Waals surface area contributed by atoms with Crippen LogP contribution < -0.4 is 16.1 Å². The number of nitrogens with one attached hydrogen (secondary N) is 2. The molecule has 1 aliphatic rings. The number of anilines is 1. The third-order valence-corrected chi connectivity index (χ3v) is 2.25. The SMILES string of the molecule is FC(F)(F)c1cccc(N2CN(Cl)NN2)c1. The van der Waals surface area contributed by atoms with Gasteiger partial charge in [0.2, 0.25) is 0 Å². The standard InChI is InChI=1S/C8H8ClF3N4/c9-16-5-15(13-14-16)7-3-1-2-6(4-7)8(10,11)12/h1-4,13-14H,5H2. The van der Waals surface area contributed by atoms with E-state index in [0.717, 1.165) is 12.1 Å². The first-order chi connectivity index (χ1) is 7.47. The van der Waals surface area contributed by atoms with Gasteiger partial charge in [-0.2, -0.15) is 24.2 Å². The molecule has 0 spiro atoms. The van der Waals surface area contributed by atoms with E-state index in [1.807, 2.05) is 0 Å². The number of hydrogen-bond donors (Lipinski definition) is 2. The van der Waals surface area contributed by atoms with Gasteiger partial charge >= 0.3 is 6.18 Å². The predicted molar refractivity (Wildman–Crippen MR) is 52.8 cm³/mol. The lowest BCUT2D eigenvalue weighted by molar-refractivity contribution is -0.137. The van der Waals surface area contributed by atoms with Crippen molar-refractivity contribution in [2.24, 2.45) is 0 Å². The van der Waals surface area contributed by atoms with Crippen molar-refractivity contribution in [1.29, 1.82) is 0 Å². The third-order valence-electron chi connectivity index (χ3n) is 2.06. The Balaban J connectivity index is 2.23. The Morgan fingerprint density at radius 3 is 2.56 bits per heavy atom. The highest BCUT2D eigenvalue weighted by Crippen LogP contribution is 2.31. The Kier molecular flexibility index (Phi) is 2.94. The highest BCUT2D eigenvalue weighted by Gasteiger charge is 2.31. The maximum absolute atomic E-state index is 12.4. The third kappa shape index (κ3) is 2.38. The van der Waals surface area contributed by atoms with Crippen molar-refractivity contribution in [3.8, 4) is 0 Å². The van der Waals surface area contributed by atoms with Crippen LogP contribution in [0.25, 0.3) is 0 Å². The Labute approximate surface area is 94.6 Å². The number of hydrazine groups is 3. The summed E-state index contributed by atoms with van der Waals surface area (Å²) in [6, 6.07) is 4.97. The molecule has 1 heterocycles. The number of benzene rings is 1. The van der Waals surface area contributed by atoms with Gasteiger partial charge in [0, 0.05) is 0 Å². The average Bonchev–Trinajstić information content (AvgIpc) is 2.64. The van der Waals surface area contributed by atoms with E-state index in [1.165, 1.54) is 15.6 Å². The second kappa shape index (κ2) is 4.10. The summed E-state index contributed by atoms with van der Waals surface area (Å²) in [4.78, 5) is 0. The first kappa shape index (κ1) is 11.5. The molecule has 16 heavy (non-hydrogen) atoms. The summed E-state index contributed by atoms with van der Waals surface area (Å²) in [5.74, 6) is 0. The Hall–Kier alpha value is -1.02. The number of alkyl halides is 3. The molecule has 8 heteroatoms. The second-order valence-corrected chi connectivity index (χ2v) is 3.61. The number of nitrogens with zero attached hydrogens (tertiary/aromatic N) is 2. The minimum atomic E-state index is -4.34. The summed E-state index contributed by atoms with van der Waals surface area (Å²) >= 11 is 5.58. The molecule has 0 aromatic heterocycles. The lowest BCUT2D eigenvalue weighted by Gasteiger charge is -2.17. The van der Waals surface area contributed by atoms with Crippen LogP contribution in [0.3, 0.4) is 0 Å². The van der Waals surface area contributed by atoms with Gasteiger partial charge < -0.3 is 0 Å². The van der Waals surface area contributed by atoms with Crippen molar-refractivity contribution >= 4 is 17.5 Å². The number of halogens is 4. The molecule has 1 fully saturated rings. The summed E-state index contributed by atoms with van der Waals surface area (Å²) in [6.45, 7) is 0.225. The fraction of sp³-hybridized carbons (Fsp3) is 0.250. The minimum Gasteiger partial charge on any atom is -0.277 e. The van der Waals surface area contributed by atoms with Crippen LogP contribution in [-0.2, 0) is 6.18 Å². The molecule has 0 atom stereocenters. The van der Waals surface area contributed by atoms with E-state index in [4.69, 9.17) is 11.8 Å². The zero-order chi connectivity index (χ0) is 11.8. The summed E-state index contributed by atoms with van der Waals surface area (Å²) in [5, 5.41) is 1.45. The molecule has 0 bridgehead atoms. The molecule has 1 aromatic carbocycles. The smallest absolute Gasteiger partial charge is 0.277 e. The molecule has 0 saturated carbocycles. The molecule has 2 rings (SSSR count). The summed E-state index contributed by atoms with van der Waals surface area (Å²) in [5.41, 5.74) is 4.82. The highest BCUT2D eigenvalue weighted by molar-refractivity contribution is 6.13. The van der Waals surface area contributed by atoms with E-state index < -0.39 is 11.7 Å². The van der Waals surface area contributed by atoms with Gasteiger partial charge in [0.25, 0.3) is 0 Å². The lowest BCUT2D eigenvalue weighted by Crippen LogP contribution is -2.36. The molecule has 1 aliphatic heterocycles. The average molecular weight is 253 g/mol. The summed E-state index contributed by atoms with van der Waals surface area (Å²) in [6.07, 6.45) is -4.34. The normalized spacial score (nSPS) is 18.1. The minimum absolute atomic E-state index is 0.225. The van der Waals surface area contributed by atoms with Gasteiger partial charge in [0.05, 0.1) is 11.3 Å². The maximum atomic E-state index is 12.4. The van der Waals surface area contributed by atoms with Crippen LogP contribution in [-0.4, -0.2) is 11.2 Å². The molecule has 4 nitrogen and oxygen atoms in total. The largest absolute Gasteiger partial charge is 0.416 e. The predicted octanol–water partition coefficient (Wildman–Crippen LogP) is 1.86. The topological polar surface area (TPSA) is 30.5 Å². The van der Waals surface area contributed by atoms with Crippen LogP contribution in [0, 0.1) is 0 Å².